The van der Waals surface area contributed by atoms with Crippen LogP contribution in [-0.2, 0) is 6.54 Å². The molecule has 1 N–H and O–H groups in total. The third kappa shape index (κ3) is 3.22. The molecule has 0 saturated carbocycles. The molecule has 1 aromatic heterocycles. The van der Waals surface area contributed by atoms with Crippen LogP contribution in [0.25, 0.3) is 10.9 Å². The molecule has 0 aliphatic carbocycles. The van der Waals surface area contributed by atoms with Gasteiger partial charge in [-0.15, -0.1) is 0 Å². The summed E-state index contributed by atoms with van der Waals surface area (Å²) >= 11 is 0. The predicted molar refractivity (Wildman–Crippen MR) is 112 cm³/mol. The molecule has 4 heteroatoms. The van der Waals surface area contributed by atoms with E-state index in [1.807, 2.05) is 23.1 Å². The van der Waals surface area contributed by atoms with Crippen molar-refractivity contribution in [2.45, 2.75) is 19.4 Å². The van der Waals surface area contributed by atoms with Gasteiger partial charge >= 0.3 is 0 Å². The summed E-state index contributed by atoms with van der Waals surface area (Å²) < 4.78 is 2.21. The number of nitrogens with zero attached hydrogens (tertiary/aromatic N) is 2. The fourth-order valence-electron chi connectivity index (χ4n) is 4.81. The number of amides is 1. The number of para-hydroxylation sites is 1. The van der Waals surface area contributed by atoms with Crippen LogP contribution in [0.5, 0.6) is 0 Å². The van der Waals surface area contributed by atoms with Crippen LogP contribution < -0.4 is 5.32 Å². The second-order valence-corrected chi connectivity index (χ2v) is 8.23. The largest absolute Gasteiger partial charge is 0.342 e. The van der Waals surface area contributed by atoms with Gasteiger partial charge < -0.3 is 14.8 Å². The number of benzene rings is 2. The first-order valence-corrected chi connectivity index (χ1v) is 10.4. The molecule has 144 valence electrons. The molecule has 0 bridgehead atoms. The highest BCUT2D eigenvalue weighted by molar-refractivity contribution is 6.06. The van der Waals surface area contributed by atoms with E-state index >= 15 is 0 Å². The van der Waals surface area contributed by atoms with Crippen LogP contribution >= 0.6 is 0 Å². The smallest absolute Gasteiger partial charge is 0.256 e. The number of rotatable bonds is 4. The number of piperidine rings is 1. The Morgan fingerprint density at radius 2 is 1.71 bits per heavy atom. The van der Waals surface area contributed by atoms with E-state index in [-0.39, 0.29) is 5.91 Å². The summed E-state index contributed by atoms with van der Waals surface area (Å²) in [6.45, 7) is 4.87. The summed E-state index contributed by atoms with van der Waals surface area (Å²) in [4.78, 5) is 15.3. The Labute approximate surface area is 166 Å². The first-order valence-electron chi connectivity index (χ1n) is 10.4. The highest BCUT2D eigenvalue weighted by atomic mass is 16.2. The van der Waals surface area contributed by atoms with E-state index in [4.69, 9.17) is 0 Å². The Morgan fingerprint density at radius 3 is 2.50 bits per heavy atom. The summed E-state index contributed by atoms with van der Waals surface area (Å²) in [5.41, 5.74) is 3.14. The van der Waals surface area contributed by atoms with E-state index < -0.39 is 0 Å². The zero-order chi connectivity index (χ0) is 18.9. The van der Waals surface area contributed by atoms with Crippen molar-refractivity contribution in [3.05, 3.63) is 71.9 Å². The van der Waals surface area contributed by atoms with Crippen LogP contribution in [0.15, 0.2) is 60.8 Å². The maximum atomic E-state index is 13.3. The van der Waals surface area contributed by atoms with Crippen molar-refractivity contribution >= 4 is 16.8 Å². The Morgan fingerprint density at radius 1 is 0.929 bits per heavy atom. The zero-order valence-electron chi connectivity index (χ0n) is 16.2. The first kappa shape index (κ1) is 17.5. The number of carbonyl (C=O) groups excluding carboxylic acids is 1. The monoisotopic (exact) mass is 373 g/mol. The Bertz CT molecular complexity index is 966. The van der Waals surface area contributed by atoms with Gasteiger partial charge in [0.05, 0.1) is 11.1 Å². The van der Waals surface area contributed by atoms with Crippen LogP contribution in [0, 0.1) is 11.8 Å². The van der Waals surface area contributed by atoms with Crippen LogP contribution in [0.4, 0.5) is 0 Å². The van der Waals surface area contributed by atoms with Gasteiger partial charge in [0.25, 0.3) is 5.91 Å². The number of hydrogen-bond acceptors (Lipinski definition) is 2. The third-order valence-electron chi connectivity index (χ3n) is 6.46. The van der Waals surface area contributed by atoms with Gasteiger partial charge in [-0.25, -0.2) is 0 Å². The number of fused-ring (bicyclic) bond motifs is 1. The highest BCUT2D eigenvalue weighted by Crippen LogP contribution is 2.32. The van der Waals surface area contributed by atoms with Crippen LogP contribution in [0.1, 0.15) is 28.8 Å². The fourth-order valence-corrected chi connectivity index (χ4v) is 4.81. The van der Waals surface area contributed by atoms with Crippen molar-refractivity contribution in [3.63, 3.8) is 0 Å². The standard InChI is InChI=1S/C24H27N3O/c28-24(27-16-21(17-27)19-9-12-25-13-10-19)22-8-4-7-20-11-14-26(23(20)22)15-18-5-2-1-3-6-18/h1-8,11,14,19,21,25H,9-10,12-13,15-17H2. The molecule has 3 aromatic rings. The molecule has 3 heterocycles. The van der Waals surface area contributed by atoms with Gasteiger partial charge in [-0.05, 0) is 55.5 Å². The average molecular weight is 374 g/mol. The second-order valence-electron chi connectivity index (χ2n) is 8.23. The van der Waals surface area contributed by atoms with E-state index in [1.54, 1.807) is 0 Å². The van der Waals surface area contributed by atoms with E-state index in [0.717, 1.165) is 55.1 Å². The lowest BCUT2D eigenvalue weighted by molar-refractivity contribution is 0.0318. The average Bonchev–Trinajstić information content (AvgIpc) is 3.11. The molecule has 2 aliphatic rings. The van der Waals surface area contributed by atoms with Crippen molar-refractivity contribution in [1.82, 2.24) is 14.8 Å². The zero-order valence-corrected chi connectivity index (χ0v) is 16.2. The lowest BCUT2D eigenvalue weighted by Gasteiger charge is -2.44. The van der Waals surface area contributed by atoms with Crippen LogP contribution in [-0.4, -0.2) is 41.6 Å². The minimum atomic E-state index is 0.184. The van der Waals surface area contributed by atoms with Gasteiger partial charge in [0.1, 0.15) is 0 Å². The molecule has 2 aliphatic heterocycles. The summed E-state index contributed by atoms with van der Waals surface area (Å²) in [6, 6.07) is 18.6. The van der Waals surface area contributed by atoms with Crippen molar-refractivity contribution in [2.75, 3.05) is 26.2 Å². The Balaban J connectivity index is 1.37. The molecule has 0 radical (unpaired) electrons. The van der Waals surface area contributed by atoms with E-state index in [2.05, 4.69) is 52.5 Å². The molecule has 2 aromatic carbocycles. The number of nitrogens with one attached hydrogen (secondary N) is 1. The van der Waals surface area contributed by atoms with E-state index in [1.165, 1.54) is 18.4 Å². The van der Waals surface area contributed by atoms with Gasteiger partial charge in [0.15, 0.2) is 0 Å². The highest BCUT2D eigenvalue weighted by Gasteiger charge is 2.37. The molecule has 2 fully saturated rings. The van der Waals surface area contributed by atoms with Crippen LogP contribution in [0.3, 0.4) is 0 Å². The van der Waals surface area contributed by atoms with Gasteiger partial charge in [-0.3, -0.25) is 4.79 Å². The Kier molecular flexibility index (Phi) is 4.65. The normalized spacial score (nSPS) is 18.4. The van der Waals surface area contributed by atoms with Crippen LogP contribution in [0.2, 0.25) is 0 Å². The SMILES string of the molecule is O=C(c1cccc2ccn(Cc3ccccc3)c12)N1CC(C2CCNCC2)C1. The quantitative estimate of drug-likeness (QED) is 0.756. The van der Waals surface area contributed by atoms with E-state index in [9.17, 15) is 4.79 Å². The maximum absolute atomic E-state index is 13.3. The van der Waals surface area contributed by atoms with E-state index in [0.29, 0.717) is 5.92 Å². The molecule has 0 spiro atoms. The summed E-state index contributed by atoms with van der Waals surface area (Å²) in [6.07, 6.45) is 4.60. The van der Waals surface area contributed by atoms with Crippen molar-refractivity contribution in [3.8, 4) is 0 Å². The third-order valence-corrected chi connectivity index (χ3v) is 6.46. The molecule has 1 amide bonds. The van der Waals surface area contributed by atoms with Crippen molar-refractivity contribution in [1.29, 1.82) is 0 Å². The molecule has 5 rings (SSSR count). The van der Waals surface area contributed by atoms with Crippen molar-refractivity contribution < 1.29 is 4.79 Å². The van der Waals surface area contributed by atoms with Gasteiger partial charge in [-0.1, -0.05) is 42.5 Å². The number of likely N-dealkylation sites (tertiary alicyclic amines) is 1. The fraction of sp³-hybridized carbons (Fsp3) is 0.375. The van der Waals surface area contributed by atoms with Gasteiger partial charge in [0.2, 0.25) is 0 Å². The molecule has 0 unspecified atom stereocenters. The topological polar surface area (TPSA) is 37.3 Å². The second kappa shape index (κ2) is 7.44. The maximum Gasteiger partial charge on any atom is 0.256 e. The minimum absolute atomic E-state index is 0.184. The molecule has 2 saturated heterocycles. The molecule has 4 nitrogen and oxygen atoms in total. The number of aromatic nitrogens is 1. The predicted octanol–water partition coefficient (Wildman–Crippen LogP) is 3.76. The Hall–Kier alpha value is -2.59. The first-order chi connectivity index (χ1) is 13.8. The summed E-state index contributed by atoms with van der Waals surface area (Å²) in [5.74, 6) is 1.65. The molecular weight excluding hydrogens is 346 g/mol. The lowest BCUT2D eigenvalue weighted by Crippen LogP contribution is -2.54. The summed E-state index contributed by atoms with van der Waals surface area (Å²) in [7, 11) is 0. The summed E-state index contributed by atoms with van der Waals surface area (Å²) in [5, 5.41) is 4.57. The van der Waals surface area contributed by atoms with Crippen molar-refractivity contribution in [2.24, 2.45) is 11.8 Å². The van der Waals surface area contributed by atoms with Gasteiger partial charge in [-0.2, -0.15) is 0 Å². The lowest BCUT2D eigenvalue weighted by atomic mass is 9.80. The molecule has 28 heavy (non-hydrogen) atoms. The van der Waals surface area contributed by atoms with Gasteiger partial charge in [0, 0.05) is 31.2 Å². The number of hydrogen-bond donors (Lipinski definition) is 1. The molecular formula is C24H27N3O. The number of carbonyl (C=O) groups is 1. The molecule has 0 atom stereocenters. The minimum Gasteiger partial charge on any atom is -0.342 e.